The zero-order chi connectivity index (χ0) is 14.4. The predicted octanol–water partition coefficient (Wildman–Crippen LogP) is 1.62. The normalized spacial score (nSPS) is 22.6. The topological polar surface area (TPSA) is 69.6 Å². The lowest BCUT2D eigenvalue weighted by molar-refractivity contribution is -0.143. The number of nitrogens with zero attached hydrogens (tertiary/aromatic N) is 1. The number of hydrogen-bond donors (Lipinski definition) is 2. The first-order valence-electron chi connectivity index (χ1n) is 7.89. The second-order valence-corrected chi connectivity index (χ2v) is 6.11. The number of likely N-dealkylation sites (tertiary alicyclic amines) is 1. The molecule has 0 aromatic heterocycles. The van der Waals surface area contributed by atoms with Crippen molar-refractivity contribution >= 4 is 11.9 Å². The Morgan fingerprint density at radius 1 is 1.05 bits per heavy atom. The number of hydrogen-bond acceptors (Lipinski definition) is 3. The van der Waals surface area contributed by atoms with E-state index in [2.05, 4.69) is 10.2 Å². The molecule has 1 heterocycles. The largest absolute Gasteiger partial charge is 0.481 e. The van der Waals surface area contributed by atoms with Crippen molar-refractivity contribution in [3.8, 4) is 0 Å². The van der Waals surface area contributed by atoms with Crippen LogP contribution in [0.4, 0.5) is 0 Å². The molecule has 0 unspecified atom stereocenters. The van der Waals surface area contributed by atoms with Gasteiger partial charge >= 0.3 is 5.97 Å². The molecular formula is C15H26N2O3. The fraction of sp³-hybridized carbons (Fsp3) is 0.867. The van der Waals surface area contributed by atoms with Gasteiger partial charge in [-0.2, -0.15) is 0 Å². The van der Waals surface area contributed by atoms with Crippen LogP contribution in [0.25, 0.3) is 0 Å². The fourth-order valence-corrected chi connectivity index (χ4v) is 3.21. The Balaban J connectivity index is 1.60. The second kappa shape index (κ2) is 7.62. The quantitative estimate of drug-likeness (QED) is 0.804. The maximum atomic E-state index is 11.9. The summed E-state index contributed by atoms with van der Waals surface area (Å²) in [5, 5.41) is 12.1. The minimum Gasteiger partial charge on any atom is -0.481 e. The lowest BCUT2D eigenvalue weighted by Crippen LogP contribution is -2.40. The Bertz CT molecular complexity index is 332. The number of aliphatic carboxylic acids is 1. The summed E-state index contributed by atoms with van der Waals surface area (Å²) in [4.78, 5) is 25.0. The van der Waals surface area contributed by atoms with E-state index in [4.69, 9.17) is 5.11 Å². The first-order chi connectivity index (χ1) is 9.65. The van der Waals surface area contributed by atoms with Gasteiger partial charge in [-0.3, -0.25) is 9.59 Å². The van der Waals surface area contributed by atoms with E-state index < -0.39 is 5.97 Å². The lowest BCUT2D eigenvalue weighted by Gasteiger charge is -2.30. The standard InChI is InChI=1S/C15H26N2O3/c18-14(16-13-4-2-1-3-5-13)8-11-17-9-6-12(7-10-17)15(19)20/h12-13H,1-11H2,(H,16,18)(H,19,20). The number of carboxylic acids is 1. The molecule has 1 saturated heterocycles. The third-order valence-electron chi connectivity index (χ3n) is 4.56. The molecule has 0 aromatic carbocycles. The minimum atomic E-state index is -0.681. The van der Waals surface area contributed by atoms with E-state index in [0.717, 1.165) is 32.5 Å². The molecule has 20 heavy (non-hydrogen) atoms. The third kappa shape index (κ3) is 4.78. The highest BCUT2D eigenvalue weighted by atomic mass is 16.4. The molecule has 1 aliphatic heterocycles. The van der Waals surface area contributed by atoms with Crippen LogP contribution in [0.5, 0.6) is 0 Å². The van der Waals surface area contributed by atoms with Gasteiger partial charge in [-0.05, 0) is 38.8 Å². The summed E-state index contributed by atoms with van der Waals surface area (Å²) in [6.45, 7) is 2.35. The van der Waals surface area contributed by atoms with Crippen LogP contribution < -0.4 is 5.32 Å². The molecule has 5 nitrogen and oxygen atoms in total. The van der Waals surface area contributed by atoms with Gasteiger partial charge in [-0.1, -0.05) is 19.3 Å². The molecule has 0 spiro atoms. The van der Waals surface area contributed by atoms with Gasteiger partial charge < -0.3 is 15.3 Å². The molecule has 1 saturated carbocycles. The SMILES string of the molecule is O=C(CCN1CCC(C(=O)O)CC1)NC1CCCCC1. The van der Waals surface area contributed by atoms with Gasteiger partial charge in [0.05, 0.1) is 5.92 Å². The molecule has 1 aliphatic carbocycles. The fourth-order valence-electron chi connectivity index (χ4n) is 3.21. The van der Waals surface area contributed by atoms with Gasteiger partial charge in [-0.15, -0.1) is 0 Å². The van der Waals surface area contributed by atoms with Crippen LogP contribution in [0.1, 0.15) is 51.4 Å². The molecule has 2 N–H and O–H groups in total. The number of nitrogens with one attached hydrogen (secondary N) is 1. The molecule has 114 valence electrons. The van der Waals surface area contributed by atoms with E-state index in [-0.39, 0.29) is 11.8 Å². The second-order valence-electron chi connectivity index (χ2n) is 6.11. The van der Waals surface area contributed by atoms with Crippen molar-refractivity contribution in [1.29, 1.82) is 0 Å². The summed E-state index contributed by atoms with van der Waals surface area (Å²) >= 11 is 0. The van der Waals surface area contributed by atoms with Crippen LogP contribution >= 0.6 is 0 Å². The first-order valence-corrected chi connectivity index (χ1v) is 7.89. The highest BCUT2D eigenvalue weighted by Crippen LogP contribution is 2.18. The van der Waals surface area contributed by atoms with E-state index in [1.165, 1.54) is 19.3 Å². The van der Waals surface area contributed by atoms with Crippen LogP contribution in [-0.4, -0.2) is 47.6 Å². The van der Waals surface area contributed by atoms with Crippen molar-refractivity contribution in [2.45, 2.75) is 57.4 Å². The van der Waals surface area contributed by atoms with Crippen molar-refractivity contribution in [2.75, 3.05) is 19.6 Å². The maximum Gasteiger partial charge on any atom is 0.306 e. The molecule has 0 radical (unpaired) electrons. The smallest absolute Gasteiger partial charge is 0.306 e. The summed E-state index contributed by atoms with van der Waals surface area (Å²) in [5.41, 5.74) is 0. The summed E-state index contributed by atoms with van der Waals surface area (Å²) < 4.78 is 0. The van der Waals surface area contributed by atoms with Crippen LogP contribution in [0.3, 0.4) is 0 Å². The highest BCUT2D eigenvalue weighted by molar-refractivity contribution is 5.76. The van der Waals surface area contributed by atoms with Crippen LogP contribution in [0, 0.1) is 5.92 Å². The number of carbonyl (C=O) groups is 2. The van der Waals surface area contributed by atoms with E-state index in [9.17, 15) is 9.59 Å². The monoisotopic (exact) mass is 282 g/mol. The Labute approximate surface area is 120 Å². The summed E-state index contributed by atoms with van der Waals surface area (Å²) in [7, 11) is 0. The molecule has 0 aromatic rings. The molecular weight excluding hydrogens is 256 g/mol. The van der Waals surface area contributed by atoms with E-state index in [0.29, 0.717) is 25.3 Å². The summed E-state index contributed by atoms with van der Waals surface area (Å²) in [5.74, 6) is -0.723. The zero-order valence-electron chi connectivity index (χ0n) is 12.1. The van der Waals surface area contributed by atoms with Gasteiger partial charge in [0, 0.05) is 19.0 Å². The van der Waals surface area contributed by atoms with E-state index in [1.807, 2.05) is 0 Å². The van der Waals surface area contributed by atoms with Crippen molar-refractivity contribution in [1.82, 2.24) is 10.2 Å². The molecule has 2 aliphatic rings. The van der Waals surface area contributed by atoms with Crippen LogP contribution in [-0.2, 0) is 9.59 Å². The number of amides is 1. The zero-order valence-corrected chi connectivity index (χ0v) is 12.1. The summed E-state index contributed by atoms with van der Waals surface area (Å²) in [6, 6.07) is 0.383. The first kappa shape index (κ1) is 15.3. The van der Waals surface area contributed by atoms with Gasteiger partial charge in [0.1, 0.15) is 0 Å². The van der Waals surface area contributed by atoms with Gasteiger partial charge in [-0.25, -0.2) is 0 Å². The number of carbonyl (C=O) groups excluding carboxylic acids is 1. The Morgan fingerprint density at radius 2 is 1.70 bits per heavy atom. The average molecular weight is 282 g/mol. The van der Waals surface area contributed by atoms with E-state index in [1.54, 1.807) is 0 Å². The highest BCUT2D eigenvalue weighted by Gasteiger charge is 2.24. The minimum absolute atomic E-state index is 0.150. The molecule has 0 bridgehead atoms. The number of rotatable bonds is 5. The average Bonchev–Trinajstić information content (AvgIpc) is 2.46. The molecule has 2 rings (SSSR count). The molecule has 2 fully saturated rings. The van der Waals surface area contributed by atoms with Crippen molar-refractivity contribution in [2.24, 2.45) is 5.92 Å². The molecule has 0 atom stereocenters. The Kier molecular flexibility index (Phi) is 5.83. The molecule has 1 amide bonds. The van der Waals surface area contributed by atoms with Gasteiger partial charge in [0.2, 0.25) is 5.91 Å². The van der Waals surface area contributed by atoms with Crippen LogP contribution in [0.15, 0.2) is 0 Å². The Morgan fingerprint density at radius 3 is 2.30 bits per heavy atom. The third-order valence-corrected chi connectivity index (χ3v) is 4.56. The van der Waals surface area contributed by atoms with Crippen molar-refractivity contribution < 1.29 is 14.7 Å². The van der Waals surface area contributed by atoms with Crippen molar-refractivity contribution in [3.63, 3.8) is 0 Å². The lowest BCUT2D eigenvalue weighted by atomic mass is 9.95. The molecule has 5 heteroatoms. The van der Waals surface area contributed by atoms with Gasteiger partial charge in [0.25, 0.3) is 0 Å². The van der Waals surface area contributed by atoms with Crippen molar-refractivity contribution in [3.05, 3.63) is 0 Å². The number of carboxylic acid groups (broad SMARTS) is 1. The van der Waals surface area contributed by atoms with Crippen LogP contribution in [0.2, 0.25) is 0 Å². The number of piperidine rings is 1. The van der Waals surface area contributed by atoms with Gasteiger partial charge in [0.15, 0.2) is 0 Å². The predicted molar refractivity (Wildman–Crippen MR) is 76.4 cm³/mol. The Hall–Kier alpha value is -1.10. The maximum absolute atomic E-state index is 11.9. The summed E-state index contributed by atoms with van der Waals surface area (Å²) in [6.07, 6.45) is 7.95. The van der Waals surface area contributed by atoms with E-state index >= 15 is 0 Å².